The van der Waals surface area contributed by atoms with Gasteiger partial charge in [0.1, 0.15) is 10.7 Å². The number of aromatic nitrogens is 1. The highest BCUT2D eigenvalue weighted by Crippen LogP contribution is 2.21. The van der Waals surface area contributed by atoms with Gasteiger partial charge in [0.25, 0.3) is 0 Å². The Morgan fingerprint density at radius 1 is 1.45 bits per heavy atom. The fourth-order valence-corrected chi connectivity index (χ4v) is 2.99. The number of aryl methyl sites for hydroxylation is 1. The van der Waals surface area contributed by atoms with Crippen LogP contribution in [0.25, 0.3) is 0 Å². The van der Waals surface area contributed by atoms with Crippen molar-refractivity contribution in [3.8, 4) is 5.75 Å². The summed E-state index contributed by atoms with van der Waals surface area (Å²) < 4.78 is 6.98. The third-order valence-corrected chi connectivity index (χ3v) is 4.46. The second kappa shape index (κ2) is 5.76. The van der Waals surface area contributed by atoms with Crippen molar-refractivity contribution in [2.75, 3.05) is 7.11 Å². The highest BCUT2D eigenvalue weighted by molar-refractivity contribution is 7.80. The first-order chi connectivity index (χ1) is 9.43. The Morgan fingerprint density at radius 3 is 2.65 bits per heavy atom. The first-order valence-electron chi connectivity index (χ1n) is 6.07. The number of thiocarbonyl (C=S) groups is 1. The molecule has 20 heavy (non-hydrogen) atoms. The third kappa shape index (κ3) is 2.76. The molecule has 4 nitrogen and oxygen atoms in total. The molecule has 0 aliphatic heterocycles. The molecule has 0 bridgehead atoms. The van der Waals surface area contributed by atoms with E-state index in [2.05, 4.69) is 0 Å². The first kappa shape index (κ1) is 14.7. The molecule has 1 aromatic heterocycles. The fourth-order valence-electron chi connectivity index (χ4n) is 2.00. The molecule has 0 saturated carbocycles. The average molecular weight is 308 g/mol. The van der Waals surface area contributed by atoms with Crippen LogP contribution in [-0.2, 0) is 6.54 Å². The van der Waals surface area contributed by atoms with Crippen LogP contribution in [0.3, 0.4) is 0 Å². The molecule has 1 aromatic carbocycles. The van der Waals surface area contributed by atoms with Crippen LogP contribution in [-0.4, -0.2) is 16.7 Å². The van der Waals surface area contributed by atoms with Crippen LogP contribution in [0.1, 0.15) is 21.7 Å². The van der Waals surface area contributed by atoms with Gasteiger partial charge in [-0.05, 0) is 31.5 Å². The second-order valence-electron chi connectivity index (χ2n) is 4.49. The Labute approximate surface area is 126 Å². The summed E-state index contributed by atoms with van der Waals surface area (Å²) in [7, 11) is 1.58. The van der Waals surface area contributed by atoms with Gasteiger partial charge in [-0.15, -0.1) is 0 Å². The summed E-state index contributed by atoms with van der Waals surface area (Å²) in [4.78, 5) is 13.3. The maximum atomic E-state index is 11.9. The quantitative estimate of drug-likeness (QED) is 0.880. The normalized spacial score (nSPS) is 10.6. The van der Waals surface area contributed by atoms with E-state index in [-0.39, 0.29) is 9.86 Å². The lowest BCUT2D eigenvalue weighted by Crippen LogP contribution is -2.16. The lowest BCUT2D eigenvalue weighted by atomic mass is 10.1. The largest absolute Gasteiger partial charge is 0.496 e. The van der Waals surface area contributed by atoms with Crippen molar-refractivity contribution >= 4 is 28.5 Å². The second-order valence-corrected chi connectivity index (χ2v) is 6.10. The zero-order valence-electron chi connectivity index (χ0n) is 11.6. The molecule has 2 aromatic rings. The van der Waals surface area contributed by atoms with E-state index < -0.39 is 0 Å². The molecule has 0 aliphatic rings. The molecule has 0 saturated heterocycles. The monoisotopic (exact) mass is 308 g/mol. The van der Waals surface area contributed by atoms with Crippen LogP contribution in [0.4, 0.5) is 0 Å². The molecule has 2 N–H and O–H groups in total. The van der Waals surface area contributed by atoms with Crippen LogP contribution in [0.5, 0.6) is 5.75 Å². The van der Waals surface area contributed by atoms with Crippen molar-refractivity contribution in [2.24, 2.45) is 5.73 Å². The first-order valence-corrected chi connectivity index (χ1v) is 7.30. The van der Waals surface area contributed by atoms with Crippen LogP contribution in [0.15, 0.2) is 23.0 Å². The standard InChI is InChI=1S/C14H16N2O2S2/c1-8-9(2)20-14(17)16(8)7-10-4-5-12(18-3)11(6-10)13(15)19/h4-6H,7H2,1-3H3,(H2,15,19). The lowest BCUT2D eigenvalue weighted by Gasteiger charge is -2.11. The zero-order chi connectivity index (χ0) is 14.9. The number of hydrogen-bond acceptors (Lipinski definition) is 4. The van der Waals surface area contributed by atoms with Crippen molar-refractivity contribution in [1.82, 2.24) is 4.57 Å². The molecule has 0 fully saturated rings. The van der Waals surface area contributed by atoms with Crippen LogP contribution in [0, 0.1) is 13.8 Å². The topological polar surface area (TPSA) is 57.2 Å². The summed E-state index contributed by atoms with van der Waals surface area (Å²) >= 11 is 6.29. The fraction of sp³-hybridized carbons (Fsp3) is 0.286. The molecule has 6 heteroatoms. The van der Waals surface area contributed by atoms with Crippen LogP contribution < -0.4 is 15.3 Å². The van der Waals surface area contributed by atoms with Gasteiger partial charge in [0.2, 0.25) is 0 Å². The molecule has 106 valence electrons. The molecule has 0 atom stereocenters. The van der Waals surface area contributed by atoms with E-state index in [1.165, 1.54) is 11.3 Å². The number of benzene rings is 1. The van der Waals surface area contributed by atoms with Crippen molar-refractivity contribution < 1.29 is 4.74 Å². The van der Waals surface area contributed by atoms with Crippen LogP contribution in [0.2, 0.25) is 0 Å². The summed E-state index contributed by atoms with van der Waals surface area (Å²) in [5, 5.41) is 0. The highest BCUT2D eigenvalue weighted by atomic mass is 32.1. The predicted octanol–water partition coefficient (Wildman–Crippen LogP) is 2.22. The lowest BCUT2D eigenvalue weighted by molar-refractivity contribution is 0.414. The van der Waals surface area contributed by atoms with E-state index in [9.17, 15) is 4.79 Å². The SMILES string of the molecule is COc1ccc(Cn2c(C)c(C)sc2=O)cc1C(N)=S. The Morgan fingerprint density at radius 2 is 2.15 bits per heavy atom. The molecule has 1 heterocycles. The van der Waals surface area contributed by atoms with Gasteiger partial charge < -0.3 is 10.5 Å². The van der Waals surface area contributed by atoms with Gasteiger partial charge in [0, 0.05) is 10.6 Å². The summed E-state index contributed by atoms with van der Waals surface area (Å²) in [6.45, 7) is 4.41. The number of nitrogens with two attached hydrogens (primary N) is 1. The Bertz CT molecular complexity index is 716. The Balaban J connectivity index is 2.42. The maximum absolute atomic E-state index is 11.9. The summed E-state index contributed by atoms with van der Waals surface area (Å²) in [6, 6.07) is 5.61. The van der Waals surface area contributed by atoms with Gasteiger partial charge >= 0.3 is 4.87 Å². The number of methoxy groups -OCH3 is 1. The van der Waals surface area contributed by atoms with Gasteiger partial charge in [-0.3, -0.25) is 9.36 Å². The van der Waals surface area contributed by atoms with E-state index in [0.29, 0.717) is 17.9 Å². The summed E-state index contributed by atoms with van der Waals surface area (Å²) in [6.07, 6.45) is 0. The van der Waals surface area contributed by atoms with Crippen molar-refractivity contribution in [3.05, 3.63) is 49.6 Å². The Kier molecular flexibility index (Phi) is 4.25. The average Bonchev–Trinajstić information content (AvgIpc) is 2.65. The van der Waals surface area contributed by atoms with E-state index in [1.807, 2.05) is 32.0 Å². The minimum absolute atomic E-state index is 0.0488. The summed E-state index contributed by atoms with van der Waals surface area (Å²) in [5.41, 5.74) is 8.36. The smallest absolute Gasteiger partial charge is 0.307 e. The molecule has 0 amide bonds. The molecule has 0 aliphatic carbocycles. The highest BCUT2D eigenvalue weighted by Gasteiger charge is 2.11. The predicted molar refractivity (Wildman–Crippen MR) is 86.0 cm³/mol. The van der Waals surface area contributed by atoms with Crippen LogP contribution >= 0.6 is 23.6 Å². The minimum atomic E-state index is 0.0488. The molecular weight excluding hydrogens is 292 g/mol. The number of rotatable bonds is 4. The van der Waals surface area contributed by atoms with Gasteiger partial charge in [-0.2, -0.15) is 0 Å². The van der Waals surface area contributed by atoms with Crippen molar-refractivity contribution in [2.45, 2.75) is 20.4 Å². The van der Waals surface area contributed by atoms with Gasteiger partial charge in [0.15, 0.2) is 0 Å². The minimum Gasteiger partial charge on any atom is -0.496 e. The van der Waals surface area contributed by atoms with E-state index in [4.69, 9.17) is 22.7 Å². The van der Waals surface area contributed by atoms with E-state index >= 15 is 0 Å². The number of thiazole rings is 1. The molecule has 2 rings (SSSR count). The maximum Gasteiger partial charge on any atom is 0.307 e. The molecule has 0 spiro atoms. The van der Waals surface area contributed by atoms with Gasteiger partial charge in [0.05, 0.1) is 19.2 Å². The number of nitrogens with zero attached hydrogens (tertiary/aromatic N) is 1. The zero-order valence-corrected chi connectivity index (χ0v) is 13.2. The number of hydrogen-bond donors (Lipinski definition) is 1. The Hall–Kier alpha value is -1.66. The van der Waals surface area contributed by atoms with Gasteiger partial charge in [-0.1, -0.05) is 29.6 Å². The number of ether oxygens (including phenoxy) is 1. The third-order valence-electron chi connectivity index (χ3n) is 3.25. The molecule has 0 unspecified atom stereocenters. The van der Waals surface area contributed by atoms with Gasteiger partial charge in [-0.25, -0.2) is 0 Å². The van der Waals surface area contributed by atoms with E-state index in [1.54, 1.807) is 11.7 Å². The summed E-state index contributed by atoms with van der Waals surface area (Å²) in [5.74, 6) is 0.645. The molecule has 0 radical (unpaired) electrons. The van der Waals surface area contributed by atoms with Crippen molar-refractivity contribution in [1.29, 1.82) is 0 Å². The van der Waals surface area contributed by atoms with E-state index in [0.717, 1.165) is 16.1 Å². The van der Waals surface area contributed by atoms with Crippen molar-refractivity contribution in [3.63, 3.8) is 0 Å². The molecular formula is C14H16N2O2S2.